The Bertz CT molecular complexity index is 2020. The van der Waals surface area contributed by atoms with Crippen LogP contribution in [0.2, 0.25) is 0 Å². The molecule has 4 N–H and O–H groups in total. The van der Waals surface area contributed by atoms with E-state index in [2.05, 4.69) is 54.8 Å². The minimum atomic E-state index is -0.660. The number of fused-ring (bicyclic) bond motifs is 8. The maximum absolute atomic E-state index is 12.5. The second-order valence-corrected chi connectivity index (χ2v) is 22.4. The first kappa shape index (κ1) is 56.8. The minimum absolute atomic E-state index is 0. The zero-order chi connectivity index (χ0) is 48.1. The first-order chi connectivity index (χ1) is 31.2. The molecule has 4 aliphatic carbocycles. The number of hydrogen-bond donors (Lipinski definition) is 3. The SMILES string of the molecule is C.C.COC(=O)[C@H](C)CC(=O)CCC[C@]12CCN(CC3CC3)[C@H](Cc3ccc(O)cc31)[C@@H]2C.C[C@H](N)C(=O)OC(C)(C)C.Cc1ccc2c(c1)[C@]1(CCCC(=O)O)CCN(CC3CC3)[C@H](C2)[C@@H]1C. The van der Waals surface area contributed by atoms with Crippen LogP contribution in [0.15, 0.2) is 36.4 Å². The lowest BCUT2D eigenvalue weighted by Gasteiger charge is -2.56. The third-order valence-corrected chi connectivity index (χ3v) is 16.2. The largest absolute Gasteiger partial charge is 0.508 e. The molecule has 4 bridgehead atoms. The Labute approximate surface area is 410 Å². The summed E-state index contributed by atoms with van der Waals surface area (Å²) in [6.45, 7) is 20.6. The van der Waals surface area contributed by atoms with Crippen LogP contribution in [0.4, 0.5) is 0 Å². The van der Waals surface area contributed by atoms with Gasteiger partial charge in [-0.25, -0.2) is 0 Å². The number of hydrogen-bond acceptors (Lipinski definition) is 10. The topological polar surface area (TPSA) is 160 Å². The van der Waals surface area contributed by atoms with Gasteiger partial charge in [0.2, 0.25) is 0 Å². The average Bonchev–Trinajstić information content (AvgIpc) is 4.20. The Hall–Kier alpha value is -3.80. The van der Waals surface area contributed by atoms with E-state index in [1.807, 2.05) is 32.9 Å². The van der Waals surface area contributed by atoms with Crippen molar-refractivity contribution in [3.05, 3.63) is 64.2 Å². The van der Waals surface area contributed by atoms with Gasteiger partial charge in [0.15, 0.2) is 0 Å². The molecule has 6 aliphatic rings. The monoisotopic (exact) mass is 946 g/mol. The standard InChI is InChI=1S/C26H37NO4.C22H31NO2.C7H15NO2.2CH4/c1-17(25(30)31-3)13-21(28)5-4-10-26-11-12-27(16-19-6-7-19)24(18(26)2)14-20-8-9-22(29)15-23(20)26;1-15-5-8-18-13-20-16(2)22(19(18)12-15,9-3-4-21(24)25)10-11-23(20)14-17-6-7-17;1-5(8)6(9)10-7(2,3)4;;/h8-9,15,17-19,24,29H,4-7,10-14,16H2,1-3H3;5,8,12,16-17,20H,3-4,6-7,9-11,13-14H2,1-2H3,(H,24,25);5H,8H2,1-4H3;2*1H4/t17-,18+,24-,26-;16-,20+,22+;5-;;/m100../s1. The van der Waals surface area contributed by atoms with Crippen molar-refractivity contribution < 1.29 is 38.9 Å². The number of Topliss-reactive ketones (excluding diaryl/α,β-unsaturated/α-hetero) is 1. The number of aryl methyl sites for hydroxylation is 1. The van der Waals surface area contributed by atoms with Crippen LogP contribution < -0.4 is 5.73 Å². The van der Waals surface area contributed by atoms with Gasteiger partial charge in [-0.3, -0.25) is 29.0 Å². The number of rotatable bonds is 16. The number of nitrogens with zero attached hydrogens (tertiary/aromatic N) is 2. The first-order valence-corrected chi connectivity index (χ1v) is 25.4. The molecule has 68 heavy (non-hydrogen) atoms. The van der Waals surface area contributed by atoms with E-state index in [9.17, 15) is 24.3 Å². The van der Waals surface area contributed by atoms with Crippen LogP contribution in [0.25, 0.3) is 0 Å². The molecule has 8 rings (SSSR count). The van der Waals surface area contributed by atoms with Crippen LogP contribution in [0.1, 0.15) is 175 Å². The number of methoxy groups -OCH3 is 1. The van der Waals surface area contributed by atoms with Crippen molar-refractivity contribution in [3.63, 3.8) is 0 Å². The van der Waals surface area contributed by atoms with Crippen LogP contribution in [0, 0.1) is 36.5 Å². The molecule has 2 heterocycles. The summed E-state index contributed by atoms with van der Waals surface area (Å²) in [6, 6.07) is 13.6. The van der Waals surface area contributed by atoms with Crippen molar-refractivity contribution in [2.75, 3.05) is 33.3 Å². The van der Waals surface area contributed by atoms with E-state index < -0.39 is 17.6 Å². The third-order valence-electron chi connectivity index (χ3n) is 16.2. The number of esters is 2. The van der Waals surface area contributed by atoms with Crippen molar-refractivity contribution in [1.29, 1.82) is 0 Å². The maximum Gasteiger partial charge on any atom is 0.323 e. The van der Waals surface area contributed by atoms with Crippen LogP contribution in [-0.4, -0.2) is 101 Å². The number of carboxylic acid groups (broad SMARTS) is 1. The lowest BCUT2D eigenvalue weighted by Crippen LogP contribution is -2.59. The first-order valence-electron chi connectivity index (χ1n) is 25.4. The predicted molar refractivity (Wildman–Crippen MR) is 273 cm³/mol. The fraction of sp³-hybridized carbons (Fsp3) is 0.719. The molecule has 2 saturated heterocycles. The summed E-state index contributed by atoms with van der Waals surface area (Å²) in [6.07, 6.45) is 14.7. The molecule has 0 aromatic heterocycles. The van der Waals surface area contributed by atoms with E-state index >= 15 is 0 Å². The molecule has 0 amide bonds. The molecule has 2 aromatic carbocycles. The van der Waals surface area contributed by atoms with Crippen molar-refractivity contribution in [3.8, 4) is 5.75 Å². The number of carbonyl (C=O) groups is 4. The van der Waals surface area contributed by atoms with Crippen LogP contribution in [0.5, 0.6) is 5.75 Å². The molecular formula is C57H91N3O8. The Morgan fingerprint density at radius 3 is 1.71 bits per heavy atom. The summed E-state index contributed by atoms with van der Waals surface area (Å²) in [5.41, 5.74) is 12.1. The number of phenols is 1. The summed E-state index contributed by atoms with van der Waals surface area (Å²) in [4.78, 5) is 51.5. The number of carbonyl (C=O) groups excluding carboxylic acids is 3. The number of likely N-dealkylation sites (tertiary alicyclic amines) is 2. The Kier molecular flexibility index (Phi) is 19.9. The number of aromatic hydroxyl groups is 1. The third kappa shape index (κ3) is 14.0. The zero-order valence-electron chi connectivity index (χ0n) is 41.8. The molecule has 0 unspecified atom stereocenters. The molecule has 2 saturated carbocycles. The highest BCUT2D eigenvalue weighted by Gasteiger charge is 2.53. The molecule has 11 nitrogen and oxygen atoms in total. The number of piperidine rings is 2. The van der Waals surface area contributed by atoms with Crippen molar-refractivity contribution in [2.24, 2.45) is 35.3 Å². The van der Waals surface area contributed by atoms with Gasteiger partial charge in [-0.05, 0) is 183 Å². The highest BCUT2D eigenvalue weighted by atomic mass is 16.6. The lowest BCUT2D eigenvalue weighted by atomic mass is 9.56. The van der Waals surface area contributed by atoms with Gasteiger partial charge >= 0.3 is 17.9 Å². The summed E-state index contributed by atoms with van der Waals surface area (Å²) in [7, 11) is 1.37. The van der Waals surface area contributed by atoms with E-state index in [-0.39, 0.29) is 55.7 Å². The summed E-state index contributed by atoms with van der Waals surface area (Å²) < 4.78 is 9.69. The smallest absolute Gasteiger partial charge is 0.323 e. The Morgan fingerprint density at radius 1 is 0.779 bits per heavy atom. The minimum Gasteiger partial charge on any atom is -0.508 e. The van der Waals surface area contributed by atoms with Gasteiger partial charge in [0, 0.05) is 55.3 Å². The number of phenolic OH excluding ortho intramolecular Hbond substituents is 1. The summed E-state index contributed by atoms with van der Waals surface area (Å²) in [5, 5.41) is 19.4. The molecule has 2 aliphatic heterocycles. The van der Waals surface area contributed by atoms with Crippen molar-refractivity contribution >= 4 is 23.7 Å². The van der Waals surface area contributed by atoms with E-state index in [1.165, 1.54) is 93.1 Å². The van der Waals surface area contributed by atoms with Gasteiger partial charge in [-0.15, -0.1) is 0 Å². The second kappa shape index (κ2) is 23.9. The molecule has 8 atom stereocenters. The summed E-state index contributed by atoms with van der Waals surface area (Å²) >= 11 is 0. The predicted octanol–water partition coefficient (Wildman–Crippen LogP) is 10.4. The lowest BCUT2D eigenvalue weighted by molar-refractivity contribution is -0.156. The van der Waals surface area contributed by atoms with Crippen LogP contribution in [-0.2, 0) is 52.3 Å². The molecule has 4 fully saturated rings. The fourth-order valence-corrected chi connectivity index (χ4v) is 12.2. The number of benzene rings is 2. The van der Waals surface area contributed by atoms with Gasteiger partial charge < -0.3 is 25.4 Å². The molecular weight excluding hydrogens is 855 g/mol. The van der Waals surface area contributed by atoms with Crippen molar-refractivity contribution in [2.45, 2.75) is 201 Å². The van der Waals surface area contributed by atoms with Gasteiger partial charge in [0.25, 0.3) is 0 Å². The van der Waals surface area contributed by atoms with Gasteiger partial charge in [-0.1, -0.05) is 65.5 Å². The molecule has 2 aromatic rings. The number of carboxylic acids is 1. The molecule has 0 radical (unpaired) electrons. The van der Waals surface area contributed by atoms with Crippen LogP contribution in [0.3, 0.4) is 0 Å². The normalized spacial score (nSPS) is 26.8. The van der Waals surface area contributed by atoms with E-state index in [1.54, 1.807) is 13.8 Å². The molecule has 11 heteroatoms. The second-order valence-electron chi connectivity index (χ2n) is 22.4. The summed E-state index contributed by atoms with van der Waals surface area (Å²) in [5.74, 6) is 1.70. The van der Waals surface area contributed by atoms with Gasteiger partial charge in [0.05, 0.1) is 13.0 Å². The quantitative estimate of drug-likeness (QED) is 0.138. The zero-order valence-corrected chi connectivity index (χ0v) is 41.8. The number of nitrogens with two attached hydrogens (primary N) is 1. The van der Waals surface area contributed by atoms with E-state index in [4.69, 9.17) is 20.3 Å². The fourth-order valence-electron chi connectivity index (χ4n) is 12.2. The van der Waals surface area contributed by atoms with Crippen molar-refractivity contribution in [1.82, 2.24) is 9.80 Å². The highest BCUT2D eigenvalue weighted by Crippen LogP contribution is 2.54. The molecule has 382 valence electrons. The molecule has 0 spiro atoms. The number of ketones is 1. The van der Waals surface area contributed by atoms with E-state index in [0.29, 0.717) is 42.5 Å². The highest BCUT2D eigenvalue weighted by molar-refractivity contribution is 5.84. The van der Waals surface area contributed by atoms with Crippen LogP contribution >= 0.6 is 0 Å². The van der Waals surface area contributed by atoms with Gasteiger partial charge in [-0.2, -0.15) is 0 Å². The maximum atomic E-state index is 12.5. The van der Waals surface area contributed by atoms with Gasteiger partial charge in [0.1, 0.15) is 23.2 Å². The average molecular weight is 946 g/mol. The Balaban J connectivity index is 0.000000245. The van der Waals surface area contributed by atoms with E-state index in [0.717, 1.165) is 56.9 Å². The Morgan fingerprint density at radius 2 is 1.26 bits per heavy atom. The number of aliphatic carboxylic acids is 1. The number of ether oxygens (including phenoxy) is 2.